The normalized spacial score (nSPS) is 22.2. The summed E-state index contributed by atoms with van der Waals surface area (Å²) in [5, 5.41) is 9.44. The average molecular weight is 362 g/mol. The van der Waals surface area contributed by atoms with Gasteiger partial charge in [-0.3, -0.25) is 4.90 Å². The number of rotatable bonds is 2. The number of hydrogen-bond acceptors (Lipinski definition) is 2. The molecule has 6 heteroatoms. The summed E-state index contributed by atoms with van der Waals surface area (Å²) in [5.74, 6) is 0.754. The molecule has 2 N–H and O–H groups in total. The Balaban J connectivity index is 1.63. The van der Waals surface area contributed by atoms with Gasteiger partial charge >= 0.3 is 6.09 Å². The van der Waals surface area contributed by atoms with Crippen LogP contribution in [0.15, 0.2) is 34.9 Å². The molecule has 1 saturated heterocycles. The molecule has 1 atom stereocenters. The number of aromatic nitrogens is 2. The number of likely N-dealkylation sites (tertiary alicyclic amines) is 1. The fourth-order valence-electron chi connectivity index (χ4n) is 3.32. The molecule has 1 saturated carbocycles. The van der Waals surface area contributed by atoms with E-state index in [9.17, 15) is 9.90 Å². The Morgan fingerprint density at radius 2 is 2.09 bits per heavy atom. The van der Waals surface area contributed by atoms with Crippen molar-refractivity contribution in [2.24, 2.45) is 5.41 Å². The zero-order valence-corrected chi connectivity index (χ0v) is 13.5. The van der Waals surface area contributed by atoms with Crippen molar-refractivity contribution in [3.63, 3.8) is 0 Å². The first-order chi connectivity index (χ1) is 10.6. The fraction of sp³-hybridized carbons (Fsp3) is 0.375. The van der Waals surface area contributed by atoms with Crippen LogP contribution in [-0.2, 0) is 0 Å². The van der Waals surface area contributed by atoms with Crippen molar-refractivity contribution in [2.45, 2.75) is 25.3 Å². The Morgan fingerprint density at radius 1 is 1.36 bits per heavy atom. The van der Waals surface area contributed by atoms with Crippen LogP contribution < -0.4 is 0 Å². The quantitative estimate of drug-likeness (QED) is 0.847. The number of nitrogens with one attached hydrogen (secondary N) is 1. The number of imidazole rings is 1. The van der Waals surface area contributed by atoms with E-state index >= 15 is 0 Å². The summed E-state index contributed by atoms with van der Waals surface area (Å²) >= 11 is 3.42. The molecular formula is C16H16BrN3O2. The van der Waals surface area contributed by atoms with Gasteiger partial charge in [0.05, 0.1) is 17.9 Å². The first-order valence-electron chi connectivity index (χ1n) is 7.37. The molecule has 4 rings (SSSR count). The second kappa shape index (κ2) is 4.84. The lowest BCUT2D eigenvalue weighted by Crippen LogP contribution is -2.30. The molecule has 1 amide bonds. The number of halogens is 1. The number of H-pyrrole nitrogens is 1. The maximum Gasteiger partial charge on any atom is 0.407 e. The van der Waals surface area contributed by atoms with Gasteiger partial charge in [0.2, 0.25) is 0 Å². The Hall–Kier alpha value is -1.82. The van der Waals surface area contributed by atoms with Crippen molar-refractivity contribution in [3.05, 3.63) is 40.8 Å². The number of carboxylic acid groups (broad SMARTS) is 1. The van der Waals surface area contributed by atoms with Crippen LogP contribution in [0, 0.1) is 5.41 Å². The summed E-state index contributed by atoms with van der Waals surface area (Å²) in [6.45, 7) is 0.640. The van der Waals surface area contributed by atoms with E-state index in [0.717, 1.165) is 40.8 Å². The van der Waals surface area contributed by atoms with E-state index in [4.69, 9.17) is 0 Å². The summed E-state index contributed by atoms with van der Waals surface area (Å²) in [5.41, 5.74) is 2.18. The van der Waals surface area contributed by atoms with Crippen LogP contribution in [0.2, 0.25) is 0 Å². The topological polar surface area (TPSA) is 69.2 Å². The predicted molar refractivity (Wildman–Crippen MR) is 85.5 cm³/mol. The first-order valence-corrected chi connectivity index (χ1v) is 8.16. The number of amides is 1. The highest BCUT2D eigenvalue weighted by atomic mass is 79.9. The molecule has 5 nitrogen and oxygen atoms in total. The van der Waals surface area contributed by atoms with Gasteiger partial charge in [0.25, 0.3) is 0 Å². The van der Waals surface area contributed by atoms with Gasteiger partial charge in [0, 0.05) is 11.0 Å². The van der Waals surface area contributed by atoms with E-state index in [0.29, 0.717) is 6.54 Å². The minimum atomic E-state index is -0.852. The smallest absolute Gasteiger partial charge is 0.407 e. The Bertz CT molecular complexity index is 721. The third-order valence-electron chi connectivity index (χ3n) is 4.78. The largest absolute Gasteiger partial charge is 0.465 e. The van der Waals surface area contributed by atoms with Crippen LogP contribution in [0.4, 0.5) is 4.79 Å². The van der Waals surface area contributed by atoms with E-state index in [2.05, 4.69) is 25.9 Å². The number of benzene rings is 1. The van der Waals surface area contributed by atoms with Crippen LogP contribution >= 0.6 is 15.9 Å². The van der Waals surface area contributed by atoms with E-state index in [1.807, 2.05) is 24.3 Å². The van der Waals surface area contributed by atoms with Crippen LogP contribution in [0.25, 0.3) is 11.3 Å². The summed E-state index contributed by atoms with van der Waals surface area (Å²) in [6.07, 6.45) is 4.08. The molecule has 2 aromatic rings. The average Bonchev–Trinajstić information content (AvgIpc) is 2.93. The monoisotopic (exact) mass is 361 g/mol. The molecule has 1 aromatic carbocycles. The lowest BCUT2D eigenvalue weighted by Gasteiger charge is -2.19. The SMILES string of the molecule is O=C(O)N1CC2(CC2)CC1c1ncc(-c2ccc(Br)cc2)[nH]1. The molecule has 22 heavy (non-hydrogen) atoms. The summed E-state index contributed by atoms with van der Waals surface area (Å²) in [7, 11) is 0. The highest BCUT2D eigenvalue weighted by Gasteiger charge is 2.54. The summed E-state index contributed by atoms with van der Waals surface area (Å²) in [6, 6.07) is 7.83. The van der Waals surface area contributed by atoms with Crippen molar-refractivity contribution < 1.29 is 9.90 Å². The van der Waals surface area contributed by atoms with Gasteiger partial charge < -0.3 is 10.1 Å². The summed E-state index contributed by atoms with van der Waals surface area (Å²) in [4.78, 5) is 20.8. The second-order valence-electron chi connectivity index (χ2n) is 6.32. The van der Waals surface area contributed by atoms with E-state index in [1.54, 1.807) is 6.20 Å². The van der Waals surface area contributed by atoms with Crippen molar-refractivity contribution in [3.8, 4) is 11.3 Å². The van der Waals surface area contributed by atoms with Crippen molar-refractivity contribution in [2.75, 3.05) is 6.54 Å². The van der Waals surface area contributed by atoms with Crippen molar-refractivity contribution in [1.82, 2.24) is 14.9 Å². The predicted octanol–water partition coefficient (Wildman–Crippen LogP) is 4.04. The van der Waals surface area contributed by atoms with Crippen molar-refractivity contribution >= 4 is 22.0 Å². The molecule has 0 bridgehead atoms. The van der Waals surface area contributed by atoms with Crippen LogP contribution in [0.3, 0.4) is 0 Å². The van der Waals surface area contributed by atoms with Crippen LogP contribution in [-0.4, -0.2) is 32.6 Å². The summed E-state index contributed by atoms with van der Waals surface area (Å²) < 4.78 is 1.03. The zero-order valence-electron chi connectivity index (χ0n) is 11.9. The molecule has 114 valence electrons. The molecule has 1 aromatic heterocycles. The van der Waals surface area contributed by atoms with Gasteiger partial charge in [-0.25, -0.2) is 9.78 Å². The van der Waals surface area contributed by atoms with E-state index in [-0.39, 0.29) is 11.5 Å². The molecule has 2 fully saturated rings. The minimum Gasteiger partial charge on any atom is -0.465 e. The van der Waals surface area contributed by atoms with Crippen LogP contribution in [0.1, 0.15) is 31.1 Å². The Labute approximate surface area is 136 Å². The minimum absolute atomic E-state index is 0.149. The molecule has 1 spiro atoms. The van der Waals surface area contributed by atoms with Gasteiger partial charge in [-0.05, 0) is 42.4 Å². The lowest BCUT2D eigenvalue weighted by molar-refractivity contribution is 0.137. The molecule has 2 aliphatic rings. The number of carbonyl (C=O) groups is 1. The highest BCUT2D eigenvalue weighted by Crippen LogP contribution is 2.58. The van der Waals surface area contributed by atoms with Gasteiger partial charge in [-0.15, -0.1) is 0 Å². The zero-order chi connectivity index (χ0) is 15.3. The van der Waals surface area contributed by atoms with Gasteiger partial charge in [0.1, 0.15) is 5.82 Å². The standard InChI is InChI=1S/C16H16BrN3O2/c17-11-3-1-10(2-4-11)12-8-18-14(19-12)13-7-16(5-6-16)9-20(13)15(21)22/h1-4,8,13H,5-7,9H2,(H,18,19)(H,21,22). The first kappa shape index (κ1) is 13.8. The second-order valence-corrected chi connectivity index (χ2v) is 7.24. The van der Waals surface area contributed by atoms with Crippen molar-refractivity contribution in [1.29, 1.82) is 0 Å². The molecular weight excluding hydrogens is 346 g/mol. The van der Waals surface area contributed by atoms with Gasteiger partial charge in [0.15, 0.2) is 0 Å². The maximum atomic E-state index is 11.5. The lowest BCUT2D eigenvalue weighted by atomic mass is 10.0. The van der Waals surface area contributed by atoms with Gasteiger partial charge in [-0.2, -0.15) is 0 Å². The maximum absolute atomic E-state index is 11.5. The number of nitrogens with zero attached hydrogens (tertiary/aromatic N) is 2. The molecule has 0 radical (unpaired) electrons. The van der Waals surface area contributed by atoms with E-state index in [1.165, 1.54) is 4.90 Å². The fourth-order valence-corrected chi connectivity index (χ4v) is 3.59. The third-order valence-corrected chi connectivity index (χ3v) is 5.31. The molecule has 1 aliphatic carbocycles. The molecule has 1 unspecified atom stereocenters. The molecule has 2 heterocycles. The highest BCUT2D eigenvalue weighted by molar-refractivity contribution is 9.10. The number of aromatic amines is 1. The Kier molecular flexibility index (Phi) is 3.04. The Morgan fingerprint density at radius 3 is 2.73 bits per heavy atom. The van der Waals surface area contributed by atoms with E-state index < -0.39 is 6.09 Å². The molecule has 1 aliphatic heterocycles. The number of hydrogen-bond donors (Lipinski definition) is 2. The third kappa shape index (κ3) is 2.31. The van der Waals surface area contributed by atoms with Gasteiger partial charge in [-0.1, -0.05) is 28.1 Å². The van der Waals surface area contributed by atoms with Crippen LogP contribution in [0.5, 0.6) is 0 Å².